The number of anilines is 1. The molecule has 6 rings (SSSR count). The van der Waals surface area contributed by atoms with Crippen molar-refractivity contribution in [1.82, 2.24) is 20.0 Å². The highest BCUT2D eigenvalue weighted by molar-refractivity contribution is 7.11. The highest BCUT2D eigenvalue weighted by atomic mass is 32.1. The van der Waals surface area contributed by atoms with Crippen LogP contribution in [-0.2, 0) is 17.9 Å². The molecule has 210 valence electrons. The van der Waals surface area contributed by atoms with Crippen molar-refractivity contribution in [3.63, 3.8) is 0 Å². The van der Waals surface area contributed by atoms with Gasteiger partial charge in [0.05, 0.1) is 12.6 Å². The Morgan fingerprint density at radius 3 is 2.62 bits per heavy atom. The van der Waals surface area contributed by atoms with Crippen molar-refractivity contribution in [3.8, 4) is 5.75 Å². The molecular weight excluding hydrogens is 529 g/mol. The number of imide groups is 1. The first-order valence-corrected chi connectivity index (χ1v) is 14.8. The van der Waals surface area contributed by atoms with Gasteiger partial charge in [-0.1, -0.05) is 29.5 Å². The van der Waals surface area contributed by atoms with Crippen LogP contribution in [0.25, 0.3) is 0 Å². The number of urea groups is 1. The number of halogens is 1. The predicted octanol–water partition coefficient (Wildman–Crippen LogP) is 5.73. The SMILES string of the molecule is CC(C)Oc1cccc(CN2CCC3(C[C@@H]2C)C(=O)N(Cc2nnc(C4CC4)s2)C(=O)N3c2cccc(F)c2)c1. The molecule has 3 heterocycles. The van der Waals surface area contributed by atoms with E-state index in [0.29, 0.717) is 42.5 Å². The van der Waals surface area contributed by atoms with E-state index in [1.165, 1.54) is 33.3 Å². The standard InChI is InChI=1S/C30H34FN5O3S/c1-19(2)39-25-9-4-6-21(14-25)17-34-13-12-30(16-20(34)3)28(37)35(18-26-32-33-27(40-26)22-10-11-22)29(38)36(30)24-8-5-7-23(31)15-24/h4-9,14-15,19-20,22H,10-13,16-18H2,1-3H3/t20-,30?/m0/s1. The number of carbonyl (C=O) groups is 2. The van der Waals surface area contributed by atoms with E-state index < -0.39 is 17.4 Å². The molecule has 40 heavy (non-hydrogen) atoms. The van der Waals surface area contributed by atoms with E-state index in [2.05, 4.69) is 34.2 Å². The third-order valence-electron chi connectivity index (χ3n) is 7.99. The number of hydrogen-bond acceptors (Lipinski definition) is 7. The Morgan fingerprint density at radius 1 is 1.10 bits per heavy atom. The number of nitrogens with zero attached hydrogens (tertiary/aromatic N) is 5. The summed E-state index contributed by atoms with van der Waals surface area (Å²) in [5.74, 6) is 0.594. The Hall–Kier alpha value is -3.37. The van der Waals surface area contributed by atoms with Gasteiger partial charge in [-0.2, -0.15) is 0 Å². The summed E-state index contributed by atoms with van der Waals surface area (Å²) in [6.07, 6.45) is 3.19. The molecule has 1 saturated carbocycles. The van der Waals surface area contributed by atoms with Gasteiger partial charge in [-0.15, -0.1) is 10.2 Å². The van der Waals surface area contributed by atoms with Crippen molar-refractivity contribution in [2.75, 3.05) is 11.4 Å². The van der Waals surface area contributed by atoms with E-state index in [0.717, 1.165) is 29.2 Å². The molecule has 1 spiro atoms. The van der Waals surface area contributed by atoms with Crippen molar-refractivity contribution < 1.29 is 18.7 Å². The summed E-state index contributed by atoms with van der Waals surface area (Å²) >= 11 is 1.47. The Morgan fingerprint density at radius 2 is 1.90 bits per heavy atom. The van der Waals surface area contributed by atoms with E-state index in [9.17, 15) is 14.0 Å². The van der Waals surface area contributed by atoms with E-state index in [1.54, 1.807) is 12.1 Å². The third kappa shape index (κ3) is 5.10. The molecule has 0 N–H and O–H groups in total. The van der Waals surface area contributed by atoms with Crippen LogP contribution in [0.15, 0.2) is 48.5 Å². The third-order valence-corrected chi connectivity index (χ3v) is 9.06. The van der Waals surface area contributed by atoms with Gasteiger partial charge in [-0.25, -0.2) is 9.18 Å². The molecule has 0 radical (unpaired) electrons. The smallest absolute Gasteiger partial charge is 0.332 e. The fourth-order valence-corrected chi connectivity index (χ4v) is 6.94. The molecule has 3 aromatic rings. The Bertz CT molecular complexity index is 1430. The van der Waals surface area contributed by atoms with E-state index in [4.69, 9.17) is 4.74 Å². The van der Waals surface area contributed by atoms with Crippen LogP contribution in [0.1, 0.15) is 68.0 Å². The predicted molar refractivity (Wildman–Crippen MR) is 151 cm³/mol. The minimum Gasteiger partial charge on any atom is -0.491 e. The highest BCUT2D eigenvalue weighted by Gasteiger charge is 2.60. The van der Waals surface area contributed by atoms with Crippen LogP contribution >= 0.6 is 11.3 Å². The van der Waals surface area contributed by atoms with Crippen molar-refractivity contribution in [1.29, 1.82) is 0 Å². The van der Waals surface area contributed by atoms with Crippen molar-refractivity contribution in [3.05, 3.63) is 69.9 Å². The maximum atomic E-state index is 14.3. The van der Waals surface area contributed by atoms with E-state index in [-0.39, 0.29) is 24.6 Å². The molecule has 1 unspecified atom stereocenters. The summed E-state index contributed by atoms with van der Waals surface area (Å²) < 4.78 is 20.2. The molecule has 8 nitrogen and oxygen atoms in total. The first-order valence-electron chi connectivity index (χ1n) is 14.0. The van der Waals surface area contributed by atoms with Gasteiger partial charge in [0.2, 0.25) is 0 Å². The normalized spacial score (nSPS) is 23.6. The summed E-state index contributed by atoms with van der Waals surface area (Å²) in [5, 5.41) is 10.2. The summed E-state index contributed by atoms with van der Waals surface area (Å²) in [4.78, 5) is 33.2. The van der Waals surface area contributed by atoms with Gasteiger partial charge in [-0.3, -0.25) is 19.5 Å². The zero-order valence-electron chi connectivity index (χ0n) is 23.0. The largest absolute Gasteiger partial charge is 0.491 e. The van der Waals surface area contributed by atoms with Crippen LogP contribution in [0, 0.1) is 5.82 Å². The first kappa shape index (κ1) is 26.8. The molecular formula is C30H34FN5O3S. The fourth-order valence-electron chi connectivity index (χ4n) is 5.94. The van der Waals surface area contributed by atoms with Crippen molar-refractivity contribution in [2.24, 2.45) is 0 Å². The molecule has 3 amide bonds. The number of amides is 3. The van der Waals surface area contributed by atoms with Gasteiger partial charge < -0.3 is 4.74 Å². The van der Waals surface area contributed by atoms with Crippen LogP contribution in [0.5, 0.6) is 5.75 Å². The van der Waals surface area contributed by atoms with Crippen LogP contribution in [0.4, 0.5) is 14.9 Å². The minimum atomic E-state index is -1.09. The molecule has 0 bridgehead atoms. The molecule has 2 atom stereocenters. The number of benzene rings is 2. The van der Waals surface area contributed by atoms with Gasteiger partial charge in [0, 0.05) is 30.7 Å². The van der Waals surface area contributed by atoms with Crippen LogP contribution in [0.3, 0.4) is 0 Å². The number of ether oxygens (including phenoxy) is 1. The fraction of sp³-hybridized carbons (Fsp3) is 0.467. The average molecular weight is 564 g/mol. The Labute approximate surface area is 237 Å². The van der Waals surface area contributed by atoms with Crippen LogP contribution < -0.4 is 9.64 Å². The molecule has 2 aliphatic heterocycles. The quantitative estimate of drug-likeness (QED) is 0.326. The zero-order valence-corrected chi connectivity index (χ0v) is 23.9. The number of likely N-dealkylation sites (tertiary alicyclic amines) is 1. The molecule has 2 aromatic carbocycles. The second-order valence-corrected chi connectivity index (χ2v) is 12.5. The second kappa shape index (κ2) is 10.6. The second-order valence-electron chi connectivity index (χ2n) is 11.4. The van der Waals surface area contributed by atoms with Crippen LogP contribution in [0.2, 0.25) is 0 Å². The van der Waals surface area contributed by atoms with Gasteiger partial charge >= 0.3 is 6.03 Å². The summed E-state index contributed by atoms with van der Waals surface area (Å²) in [5.41, 5.74) is 0.435. The molecule has 3 fully saturated rings. The lowest BCUT2D eigenvalue weighted by Crippen LogP contribution is -2.59. The first-order chi connectivity index (χ1) is 19.2. The van der Waals surface area contributed by atoms with Crippen molar-refractivity contribution in [2.45, 2.75) is 83.1 Å². The van der Waals surface area contributed by atoms with Gasteiger partial charge in [0.25, 0.3) is 5.91 Å². The zero-order chi connectivity index (χ0) is 28.0. The number of carbonyl (C=O) groups excluding carboxylic acids is 2. The van der Waals surface area contributed by atoms with Crippen molar-refractivity contribution >= 4 is 29.0 Å². The monoisotopic (exact) mass is 563 g/mol. The topological polar surface area (TPSA) is 78.9 Å². The molecule has 1 aliphatic carbocycles. The van der Waals surface area contributed by atoms with E-state index in [1.807, 2.05) is 26.0 Å². The highest BCUT2D eigenvalue weighted by Crippen LogP contribution is 2.44. The summed E-state index contributed by atoms with van der Waals surface area (Å²) in [7, 11) is 0. The lowest BCUT2D eigenvalue weighted by atomic mass is 9.81. The van der Waals surface area contributed by atoms with Crippen LogP contribution in [-0.4, -0.2) is 56.2 Å². The molecule has 2 saturated heterocycles. The van der Waals surface area contributed by atoms with Gasteiger partial charge in [0.15, 0.2) is 0 Å². The molecule has 1 aromatic heterocycles. The summed E-state index contributed by atoms with van der Waals surface area (Å²) in [6.45, 7) is 7.49. The number of hydrogen-bond donors (Lipinski definition) is 0. The number of aromatic nitrogens is 2. The summed E-state index contributed by atoms with van der Waals surface area (Å²) in [6, 6.07) is 13.6. The lowest BCUT2D eigenvalue weighted by Gasteiger charge is -2.45. The minimum absolute atomic E-state index is 0.000758. The number of piperidine rings is 1. The van der Waals surface area contributed by atoms with E-state index >= 15 is 0 Å². The van der Waals surface area contributed by atoms with Gasteiger partial charge in [0.1, 0.15) is 27.1 Å². The molecule has 3 aliphatic rings. The lowest BCUT2D eigenvalue weighted by molar-refractivity contribution is -0.133. The maximum Gasteiger partial charge on any atom is 0.332 e. The Kier molecular flexibility index (Phi) is 7.08. The maximum absolute atomic E-state index is 14.3. The number of rotatable bonds is 8. The van der Waals surface area contributed by atoms with Gasteiger partial charge in [-0.05, 0) is 82.3 Å². The Balaban J connectivity index is 1.26. The average Bonchev–Trinajstić information content (AvgIpc) is 3.62. The molecule has 10 heteroatoms.